The zero-order valence-corrected chi connectivity index (χ0v) is 11.6. The summed E-state index contributed by atoms with van der Waals surface area (Å²) in [6.45, 7) is 0. The van der Waals surface area contributed by atoms with E-state index in [9.17, 15) is 21.6 Å². The van der Waals surface area contributed by atoms with Gasteiger partial charge in [0.15, 0.2) is 9.84 Å². The summed E-state index contributed by atoms with van der Waals surface area (Å²) in [5.41, 5.74) is 0. The Balaban J connectivity index is 1.80. The summed E-state index contributed by atoms with van der Waals surface area (Å²) in [6.07, 6.45) is -1.35. The summed E-state index contributed by atoms with van der Waals surface area (Å²) in [6, 6.07) is -0.0388. The van der Waals surface area contributed by atoms with Crippen LogP contribution in [0.1, 0.15) is 38.5 Å². The molecule has 0 bridgehead atoms. The molecule has 2 rings (SSSR count). The first kappa shape index (κ1) is 15.1. The van der Waals surface area contributed by atoms with Crippen molar-refractivity contribution in [3.8, 4) is 0 Å². The fourth-order valence-corrected chi connectivity index (χ4v) is 4.72. The van der Waals surface area contributed by atoms with Crippen LogP contribution in [0.25, 0.3) is 0 Å². The molecule has 7 heteroatoms. The Morgan fingerprint density at radius 2 is 1.58 bits per heavy atom. The largest absolute Gasteiger partial charge is 0.391 e. The maximum Gasteiger partial charge on any atom is 0.391 e. The molecule has 1 aliphatic heterocycles. The van der Waals surface area contributed by atoms with Crippen LogP contribution in [-0.4, -0.2) is 38.2 Å². The molecule has 1 saturated heterocycles. The molecule has 0 aromatic heterocycles. The standard InChI is InChI=1S/C12H20F3NO2S/c13-12(14,15)9-3-5-10(6-4-9)16-11-2-1-7-19(17,18)8-11/h9-11,16H,1-8H2. The summed E-state index contributed by atoms with van der Waals surface area (Å²) < 4.78 is 60.6. The van der Waals surface area contributed by atoms with Crippen molar-refractivity contribution in [3.63, 3.8) is 0 Å². The van der Waals surface area contributed by atoms with Crippen LogP contribution in [0.15, 0.2) is 0 Å². The van der Waals surface area contributed by atoms with E-state index in [0.717, 1.165) is 6.42 Å². The van der Waals surface area contributed by atoms with E-state index in [1.54, 1.807) is 0 Å². The normalized spacial score (nSPS) is 36.1. The van der Waals surface area contributed by atoms with Crippen LogP contribution in [0.2, 0.25) is 0 Å². The maximum atomic E-state index is 12.5. The second-order valence-corrected chi connectivity index (χ2v) is 7.94. The third-order valence-corrected chi connectivity index (χ3v) is 5.95. The van der Waals surface area contributed by atoms with Crippen molar-refractivity contribution in [2.75, 3.05) is 11.5 Å². The Hall–Kier alpha value is -0.300. The van der Waals surface area contributed by atoms with Crippen LogP contribution in [0.4, 0.5) is 13.2 Å². The van der Waals surface area contributed by atoms with Crippen molar-refractivity contribution < 1.29 is 21.6 Å². The molecule has 1 heterocycles. The van der Waals surface area contributed by atoms with Gasteiger partial charge < -0.3 is 5.32 Å². The van der Waals surface area contributed by atoms with Gasteiger partial charge in [0, 0.05) is 12.1 Å². The molecule has 0 aromatic rings. The topological polar surface area (TPSA) is 46.2 Å². The lowest BCUT2D eigenvalue weighted by Crippen LogP contribution is -2.47. The van der Waals surface area contributed by atoms with Crippen LogP contribution in [0, 0.1) is 5.92 Å². The van der Waals surface area contributed by atoms with Crippen molar-refractivity contribution in [2.24, 2.45) is 5.92 Å². The second kappa shape index (κ2) is 5.60. The molecule has 0 aromatic carbocycles. The molecule has 19 heavy (non-hydrogen) atoms. The average Bonchev–Trinajstić information content (AvgIpc) is 2.27. The van der Waals surface area contributed by atoms with Gasteiger partial charge in [-0.05, 0) is 38.5 Å². The highest BCUT2D eigenvalue weighted by molar-refractivity contribution is 7.91. The van der Waals surface area contributed by atoms with Crippen molar-refractivity contribution >= 4 is 9.84 Å². The van der Waals surface area contributed by atoms with Gasteiger partial charge in [-0.1, -0.05) is 0 Å². The molecule has 1 saturated carbocycles. The summed E-state index contributed by atoms with van der Waals surface area (Å²) in [5, 5.41) is 3.24. The van der Waals surface area contributed by atoms with E-state index < -0.39 is 21.9 Å². The van der Waals surface area contributed by atoms with Crippen molar-refractivity contribution in [2.45, 2.75) is 56.8 Å². The Morgan fingerprint density at radius 1 is 0.947 bits per heavy atom. The monoisotopic (exact) mass is 299 g/mol. The number of alkyl halides is 3. The molecular weight excluding hydrogens is 279 g/mol. The van der Waals surface area contributed by atoms with E-state index in [2.05, 4.69) is 5.32 Å². The smallest absolute Gasteiger partial charge is 0.310 e. The zero-order valence-electron chi connectivity index (χ0n) is 10.7. The van der Waals surface area contributed by atoms with E-state index in [1.165, 1.54) is 0 Å². The fraction of sp³-hybridized carbons (Fsp3) is 1.00. The number of sulfone groups is 1. The van der Waals surface area contributed by atoms with Crippen LogP contribution in [0.5, 0.6) is 0 Å². The lowest BCUT2D eigenvalue weighted by atomic mass is 9.85. The van der Waals surface area contributed by atoms with Crippen molar-refractivity contribution in [1.29, 1.82) is 0 Å². The number of rotatable bonds is 2. The minimum atomic E-state index is -4.08. The summed E-state index contributed by atoms with van der Waals surface area (Å²) >= 11 is 0. The Bertz CT molecular complexity index is 400. The molecule has 112 valence electrons. The molecule has 3 nitrogen and oxygen atoms in total. The SMILES string of the molecule is O=S1(=O)CCCC(NC2CCC(C(F)(F)F)CC2)C1. The number of nitrogens with one attached hydrogen (secondary N) is 1. The van der Waals surface area contributed by atoms with Gasteiger partial charge in [0.2, 0.25) is 0 Å². The summed E-state index contributed by atoms with van der Waals surface area (Å²) in [7, 11) is -2.96. The predicted molar refractivity (Wildman–Crippen MR) is 66.6 cm³/mol. The first-order chi connectivity index (χ1) is 8.76. The van der Waals surface area contributed by atoms with E-state index in [-0.39, 0.29) is 36.4 Å². The quantitative estimate of drug-likeness (QED) is 0.851. The molecule has 0 radical (unpaired) electrons. The first-order valence-corrected chi connectivity index (χ1v) is 8.61. The third-order valence-electron chi connectivity index (χ3n) is 4.12. The minimum Gasteiger partial charge on any atom is -0.310 e. The highest BCUT2D eigenvalue weighted by atomic mass is 32.2. The van der Waals surface area contributed by atoms with Gasteiger partial charge in [0.05, 0.1) is 17.4 Å². The van der Waals surface area contributed by atoms with E-state index in [0.29, 0.717) is 19.3 Å². The predicted octanol–water partition coefficient (Wildman–Crippen LogP) is 2.27. The molecule has 1 aliphatic carbocycles. The molecular formula is C12H20F3NO2S. The van der Waals surface area contributed by atoms with Crippen LogP contribution >= 0.6 is 0 Å². The van der Waals surface area contributed by atoms with Gasteiger partial charge in [-0.15, -0.1) is 0 Å². The molecule has 1 atom stereocenters. The number of halogens is 3. The van der Waals surface area contributed by atoms with Gasteiger partial charge in [-0.3, -0.25) is 0 Å². The zero-order chi connectivity index (χ0) is 14.1. The van der Waals surface area contributed by atoms with E-state index in [4.69, 9.17) is 0 Å². The van der Waals surface area contributed by atoms with Gasteiger partial charge in [0.1, 0.15) is 0 Å². The molecule has 2 fully saturated rings. The lowest BCUT2D eigenvalue weighted by molar-refractivity contribution is -0.182. The molecule has 1 N–H and O–H groups in total. The van der Waals surface area contributed by atoms with E-state index in [1.807, 2.05) is 0 Å². The highest BCUT2D eigenvalue weighted by Gasteiger charge is 2.41. The third kappa shape index (κ3) is 4.34. The van der Waals surface area contributed by atoms with Crippen molar-refractivity contribution in [1.82, 2.24) is 5.32 Å². The summed E-state index contributed by atoms with van der Waals surface area (Å²) in [4.78, 5) is 0. The Morgan fingerprint density at radius 3 is 2.11 bits per heavy atom. The lowest BCUT2D eigenvalue weighted by Gasteiger charge is -2.34. The van der Waals surface area contributed by atoms with E-state index >= 15 is 0 Å². The van der Waals surface area contributed by atoms with Crippen LogP contribution in [-0.2, 0) is 9.84 Å². The maximum absolute atomic E-state index is 12.5. The van der Waals surface area contributed by atoms with Crippen LogP contribution in [0.3, 0.4) is 0 Å². The fourth-order valence-electron chi connectivity index (χ4n) is 3.08. The van der Waals surface area contributed by atoms with Gasteiger partial charge in [0.25, 0.3) is 0 Å². The van der Waals surface area contributed by atoms with Gasteiger partial charge >= 0.3 is 6.18 Å². The molecule has 1 unspecified atom stereocenters. The van der Waals surface area contributed by atoms with Gasteiger partial charge in [-0.25, -0.2) is 8.42 Å². The van der Waals surface area contributed by atoms with Crippen LogP contribution < -0.4 is 5.32 Å². The molecule has 0 amide bonds. The Labute approximate surface area is 111 Å². The highest BCUT2D eigenvalue weighted by Crippen LogP contribution is 2.37. The minimum absolute atomic E-state index is 0.0388. The second-order valence-electron chi connectivity index (χ2n) is 5.71. The Kier molecular flexibility index (Phi) is 4.45. The molecule has 2 aliphatic rings. The summed E-state index contributed by atoms with van der Waals surface area (Å²) in [5.74, 6) is -0.807. The molecule has 0 spiro atoms. The number of hydrogen-bond donors (Lipinski definition) is 1. The van der Waals surface area contributed by atoms with Crippen molar-refractivity contribution in [3.05, 3.63) is 0 Å². The first-order valence-electron chi connectivity index (χ1n) is 6.79. The van der Waals surface area contributed by atoms with Gasteiger partial charge in [-0.2, -0.15) is 13.2 Å². The number of hydrogen-bond acceptors (Lipinski definition) is 3. The average molecular weight is 299 g/mol.